The molecule has 2 rings (SSSR count). The quantitative estimate of drug-likeness (QED) is 0.446. The minimum absolute atomic E-state index is 0.0290. The first-order valence-corrected chi connectivity index (χ1v) is 7.80. The van der Waals surface area contributed by atoms with E-state index in [1.165, 1.54) is 6.08 Å². The molecular weight excluding hydrogens is 312 g/mol. The molecule has 0 aliphatic carbocycles. The van der Waals surface area contributed by atoms with Crippen LogP contribution in [0.3, 0.4) is 0 Å². The van der Waals surface area contributed by atoms with Gasteiger partial charge < -0.3 is 14.6 Å². The summed E-state index contributed by atoms with van der Waals surface area (Å²) >= 11 is 6.23. The number of allylic oxidation sites excluding steroid dienone is 2. The average Bonchev–Trinajstić information content (AvgIpc) is 2.57. The minimum atomic E-state index is -0.595. The second-order valence-electron chi connectivity index (χ2n) is 5.28. The van der Waals surface area contributed by atoms with Crippen LogP contribution in [0.4, 0.5) is 0 Å². The minimum Gasteiger partial charge on any atom is -0.508 e. The van der Waals surface area contributed by atoms with Crippen molar-refractivity contribution in [3.63, 3.8) is 0 Å². The molecule has 1 heterocycles. The molecule has 0 saturated carbocycles. The highest BCUT2D eigenvalue weighted by Crippen LogP contribution is 2.37. The number of halogens is 1. The van der Waals surface area contributed by atoms with Gasteiger partial charge in [0.15, 0.2) is 6.29 Å². The van der Waals surface area contributed by atoms with Crippen molar-refractivity contribution < 1.29 is 14.6 Å². The van der Waals surface area contributed by atoms with Gasteiger partial charge in [0.05, 0.1) is 12.7 Å². The van der Waals surface area contributed by atoms with Gasteiger partial charge in [0.1, 0.15) is 5.76 Å². The van der Waals surface area contributed by atoms with Gasteiger partial charge >= 0.3 is 0 Å². The van der Waals surface area contributed by atoms with Crippen LogP contribution in [0.5, 0.6) is 0 Å². The number of ether oxygens (including phenoxy) is 2. The first-order chi connectivity index (χ1) is 11.1. The highest BCUT2D eigenvalue weighted by Gasteiger charge is 2.35. The lowest BCUT2D eigenvalue weighted by Gasteiger charge is -2.37. The van der Waals surface area contributed by atoms with E-state index in [0.717, 1.165) is 5.56 Å². The molecule has 3 atom stereocenters. The van der Waals surface area contributed by atoms with Gasteiger partial charge in [-0.1, -0.05) is 55.1 Å². The lowest BCUT2D eigenvalue weighted by Crippen LogP contribution is -2.37. The normalized spacial score (nSPS) is 25.3. The molecule has 23 heavy (non-hydrogen) atoms. The van der Waals surface area contributed by atoms with Crippen molar-refractivity contribution >= 4 is 11.6 Å². The maximum atomic E-state index is 10.1. The van der Waals surface area contributed by atoms with Gasteiger partial charge in [-0.25, -0.2) is 0 Å². The van der Waals surface area contributed by atoms with Gasteiger partial charge in [-0.3, -0.25) is 0 Å². The van der Waals surface area contributed by atoms with Gasteiger partial charge in [-0.2, -0.15) is 0 Å². The van der Waals surface area contributed by atoms with Crippen LogP contribution in [0.1, 0.15) is 18.3 Å². The summed E-state index contributed by atoms with van der Waals surface area (Å²) in [6, 6.07) is 7.39. The molecule has 1 N–H and O–H groups in total. The van der Waals surface area contributed by atoms with Crippen molar-refractivity contribution in [3.8, 4) is 0 Å². The number of aliphatic hydroxyl groups excluding tert-OH is 1. The second kappa shape index (κ2) is 8.16. The predicted octanol–water partition coefficient (Wildman–Crippen LogP) is 5.13. The summed E-state index contributed by atoms with van der Waals surface area (Å²) in [4.78, 5) is 0. The van der Waals surface area contributed by atoms with Crippen LogP contribution in [0.2, 0.25) is 5.02 Å². The highest BCUT2D eigenvalue weighted by atomic mass is 35.5. The zero-order valence-electron chi connectivity index (χ0n) is 13.0. The third-order valence-electron chi connectivity index (χ3n) is 3.80. The van der Waals surface area contributed by atoms with Crippen molar-refractivity contribution in [2.75, 3.05) is 6.61 Å². The highest BCUT2D eigenvalue weighted by molar-refractivity contribution is 6.31. The molecular formula is C19H21ClO3. The number of hydrogen-bond donors (Lipinski definition) is 1. The Morgan fingerprint density at radius 3 is 2.61 bits per heavy atom. The molecule has 1 fully saturated rings. The van der Waals surface area contributed by atoms with Crippen LogP contribution < -0.4 is 0 Å². The van der Waals surface area contributed by atoms with E-state index in [2.05, 4.69) is 19.7 Å². The standard InChI is InChI=1S/C19H21ClO3/c1-4-9-13-12-22-19(15-10-7-8-11-16(15)20)23-18(13)14(5-2)17(21)6-3/h4-8,10-11,13,18-19,21H,1-3,9,12H2/b17-14-. The predicted molar refractivity (Wildman–Crippen MR) is 93.4 cm³/mol. The van der Waals surface area contributed by atoms with E-state index in [4.69, 9.17) is 21.1 Å². The number of benzene rings is 1. The van der Waals surface area contributed by atoms with Gasteiger partial charge in [0.25, 0.3) is 0 Å². The Morgan fingerprint density at radius 1 is 1.26 bits per heavy atom. The molecule has 3 unspecified atom stereocenters. The SMILES string of the molecule is C=CCC1COC(c2ccccc2Cl)OC1/C(C=C)=C(\O)C=C. The third kappa shape index (κ3) is 3.94. The molecule has 122 valence electrons. The average molecular weight is 333 g/mol. The fourth-order valence-electron chi connectivity index (χ4n) is 2.63. The Labute approximate surface area is 142 Å². The molecule has 0 spiro atoms. The number of aliphatic hydroxyl groups is 1. The molecule has 1 saturated heterocycles. The maximum Gasteiger partial charge on any atom is 0.186 e. The van der Waals surface area contributed by atoms with E-state index in [9.17, 15) is 5.11 Å². The largest absolute Gasteiger partial charge is 0.508 e. The molecule has 0 aromatic heterocycles. The smallest absolute Gasteiger partial charge is 0.186 e. The zero-order valence-corrected chi connectivity index (χ0v) is 13.7. The van der Waals surface area contributed by atoms with Gasteiger partial charge in [0.2, 0.25) is 0 Å². The third-order valence-corrected chi connectivity index (χ3v) is 4.15. The van der Waals surface area contributed by atoms with E-state index in [-0.39, 0.29) is 17.8 Å². The summed E-state index contributed by atoms with van der Waals surface area (Å²) in [5.74, 6) is 0.0835. The molecule has 1 aromatic rings. The Bertz CT molecular complexity index is 621. The van der Waals surface area contributed by atoms with Gasteiger partial charge in [0, 0.05) is 22.1 Å². The molecule has 3 nitrogen and oxygen atoms in total. The lowest BCUT2D eigenvalue weighted by molar-refractivity contribution is -0.230. The molecule has 1 aliphatic heterocycles. The summed E-state index contributed by atoms with van der Waals surface area (Å²) in [7, 11) is 0. The van der Waals surface area contributed by atoms with Gasteiger partial charge in [-0.05, 0) is 18.6 Å². The Morgan fingerprint density at radius 2 is 2.00 bits per heavy atom. The summed E-state index contributed by atoms with van der Waals surface area (Å²) in [5, 5.41) is 10.7. The fourth-order valence-corrected chi connectivity index (χ4v) is 2.85. The summed E-state index contributed by atoms with van der Waals surface area (Å²) in [6.45, 7) is 11.6. The summed E-state index contributed by atoms with van der Waals surface area (Å²) in [6.07, 6.45) is 4.51. The van der Waals surface area contributed by atoms with E-state index in [1.54, 1.807) is 12.1 Å². The van der Waals surface area contributed by atoms with Crippen molar-refractivity contribution in [1.82, 2.24) is 0 Å². The fraction of sp³-hybridized carbons (Fsp3) is 0.263. The van der Waals surface area contributed by atoms with Gasteiger partial charge in [-0.15, -0.1) is 6.58 Å². The number of hydrogen-bond acceptors (Lipinski definition) is 3. The molecule has 0 bridgehead atoms. The van der Waals surface area contributed by atoms with Crippen LogP contribution in [0.15, 0.2) is 73.6 Å². The Hall–Kier alpha value is -1.81. The van der Waals surface area contributed by atoms with Crippen LogP contribution in [0.25, 0.3) is 0 Å². The molecule has 4 heteroatoms. The number of rotatable bonds is 6. The van der Waals surface area contributed by atoms with Crippen molar-refractivity contribution in [2.24, 2.45) is 5.92 Å². The first-order valence-electron chi connectivity index (χ1n) is 7.42. The van der Waals surface area contributed by atoms with E-state index in [0.29, 0.717) is 23.6 Å². The van der Waals surface area contributed by atoms with Crippen LogP contribution >= 0.6 is 11.6 Å². The molecule has 1 aromatic carbocycles. The molecule has 0 amide bonds. The zero-order chi connectivity index (χ0) is 16.8. The summed E-state index contributed by atoms with van der Waals surface area (Å²) < 4.78 is 11.9. The van der Waals surface area contributed by atoms with Crippen LogP contribution in [0, 0.1) is 5.92 Å². The second-order valence-corrected chi connectivity index (χ2v) is 5.68. The maximum absolute atomic E-state index is 10.1. The Balaban J connectivity index is 2.34. The monoisotopic (exact) mass is 332 g/mol. The topological polar surface area (TPSA) is 38.7 Å². The summed E-state index contributed by atoms with van der Waals surface area (Å²) in [5.41, 5.74) is 1.35. The van der Waals surface area contributed by atoms with Crippen molar-refractivity contribution in [2.45, 2.75) is 18.8 Å². The van der Waals surface area contributed by atoms with Crippen molar-refractivity contribution in [3.05, 3.63) is 84.1 Å². The van der Waals surface area contributed by atoms with E-state index >= 15 is 0 Å². The van der Waals surface area contributed by atoms with Crippen LogP contribution in [-0.4, -0.2) is 17.8 Å². The van der Waals surface area contributed by atoms with Crippen LogP contribution in [-0.2, 0) is 9.47 Å². The van der Waals surface area contributed by atoms with Crippen molar-refractivity contribution in [1.29, 1.82) is 0 Å². The Kier molecular flexibility index (Phi) is 6.22. The van der Waals surface area contributed by atoms with E-state index < -0.39 is 6.29 Å². The molecule has 0 radical (unpaired) electrons. The first kappa shape index (κ1) is 17.5. The van der Waals surface area contributed by atoms with E-state index in [1.807, 2.05) is 24.3 Å². The molecule has 1 aliphatic rings. The lowest BCUT2D eigenvalue weighted by atomic mass is 9.91.